The molecule has 4 rings (SSSR count). The van der Waals surface area contributed by atoms with Crippen LogP contribution in [-0.2, 0) is 33.3 Å². The van der Waals surface area contributed by atoms with Crippen LogP contribution in [0.3, 0.4) is 0 Å². The van der Waals surface area contributed by atoms with Gasteiger partial charge in [-0.1, -0.05) is 13.8 Å². The van der Waals surface area contributed by atoms with Crippen LogP contribution in [0.4, 0.5) is 0 Å². The quantitative estimate of drug-likeness (QED) is 0.479. The van der Waals surface area contributed by atoms with Gasteiger partial charge in [0, 0.05) is 38.7 Å². The van der Waals surface area contributed by atoms with E-state index in [0.717, 1.165) is 12.8 Å². The summed E-state index contributed by atoms with van der Waals surface area (Å²) in [5.41, 5.74) is -0.308. The topological polar surface area (TPSA) is 80.3 Å². The largest absolute Gasteiger partial charge is 0.466 e. The standard InChI is InChI=1S/C23H36O7/c1-5-27-21(25)10-16-14(2)8-19(24)17-9-20(28-13-26-4)15-11-23(29-6-7-30-23)12-18(15)22(16,17)3/h14-18,20H,5-13H2,1-4H3/t14-,15-,16+,17-,18+,20+,22-/m0/s1. The van der Waals surface area contributed by atoms with Crippen LogP contribution in [0.5, 0.6) is 0 Å². The molecule has 1 heterocycles. The molecule has 4 aliphatic rings. The first-order chi connectivity index (χ1) is 14.3. The van der Waals surface area contributed by atoms with Crippen molar-refractivity contribution >= 4 is 11.8 Å². The summed E-state index contributed by atoms with van der Waals surface area (Å²) in [6.07, 6.45) is 2.98. The Hall–Kier alpha value is -1.02. The zero-order valence-electron chi connectivity index (χ0n) is 18.7. The zero-order chi connectivity index (χ0) is 21.5. The molecule has 0 aromatic carbocycles. The number of ketones is 1. The van der Waals surface area contributed by atoms with Crippen molar-refractivity contribution in [1.29, 1.82) is 0 Å². The van der Waals surface area contributed by atoms with Gasteiger partial charge in [-0.25, -0.2) is 0 Å². The van der Waals surface area contributed by atoms with Gasteiger partial charge in [-0.2, -0.15) is 0 Å². The Kier molecular flexibility index (Phi) is 6.28. The first-order valence-electron chi connectivity index (χ1n) is 11.4. The SMILES string of the molecule is CCOC(=O)C[C@@H]1[C@@H](C)CC(=O)[C@@H]2C[C@@H](OCOC)[C@H]3CC4(C[C@H]3[C@@]12C)OCCO4. The number of carbonyl (C=O) groups excluding carboxylic acids is 2. The molecule has 3 saturated carbocycles. The number of hydrogen-bond donors (Lipinski definition) is 0. The van der Waals surface area contributed by atoms with Gasteiger partial charge in [0.05, 0.1) is 25.9 Å². The summed E-state index contributed by atoms with van der Waals surface area (Å²) < 4.78 is 28.8. The van der Waals surface area contributed by atoms with Gasteiger partial charge in [-0.3, -0.25) is 9.59 Å². The molecule has 0 amide bonds. The molecule has 0 aromatic heterocycles. The number of methoxy groups -OCH3 is 1. The van der Waals surface area contributed by atoms with Crippen LogP contribution in [0.1, 0.15) is 52.9 Å². The summed E-state index contributed by atoms with van der Waals surface area (Å²) in [4.78, 5) is 25.8. The Morgan fingerprint density at radius 3 is 2.63 bits per heavy atom. The van der Waals surface area contributed by atoms with Gasteiger partial charge in [-0.05, 0) is 42.4 Å². The normalized spacial score (nSPS) is 42.2. The van der Waals surface area contributed by atoms with Crippen molar-refractivity contribution in [2.45, 2.75) is 64.8 Å². The highest BCUT2D eigenvalue weighted by Gasteiger charge is 2.66. The third-order valence-electron chi connectivity index (χ3n) is 8.39. The second kappa shape index (κ2) is 8.49. The van der Waals surface area contributed by atoms with E-state index in [1.807, 2.05) is 6.92 Å². The lowest BCUT2D eigenvalue weighted by molar-refractivity contribution is -0.185. The van der Waals surface area contributed by atoms with Gasteiger partial charge in [0.2, 0.25) is 0 Å². The van der Waals surface area contributed by atoms with Crippen molar-refractivity contribution in [3.63, 3.8) is 0 Å². The highest BCUT2D eigenvalue weighted by atomic mass is 16.7. The molecule has 0 bridgehead atoms. The van der Waals surface area contributed by atoms with Gasteiger partial charge in [0.1, 0.15) is 12.6 Å². The van der Waals surface area contributed by atoms with E-state index in [4.69, 9.17) is 23.7 Å². The van der Waals surface area contributed by atoms with Crippen molar-refractivity contribution in [3.8, 4) is 0 Å². The second-order valence-electron chi connectivity index (χ2n) is 9.82. The molecule has 7 atom stereocenters. The summed E-state index contributed by atoms with van der Waals surface area (Å²) >= 11 is 0. The predicted octanol–water partition coefficient (Wildman–Crippen LogP) is 2.95. The molecule has 1 aliphatic heterocycles. The minimum Gasteiger partial charge on any atom is -0.466 e. The fourth-order valence-electron chi connectivity index (χ4n) is 7.19. The summed E-state index contributed by atoms with van der Waals surface area (Å²) in [5.74, 6) is 0.0364. The van der Waals surface area contributed by atoms with E-state index >= 15 is 0 Å². The van der Waals surface area contributed by atoms with E-state index < -0.39 is 5.79 Å². The molecule has 0 unspecified atom stereocenters. The molecule has 0 N–H and O–H groups in total. The van der Waals surface area contributed by atoms with Crippen molar-refractivity contribution < 1.29 is 33.3 Å². The van der Waals surface area contributed by atoms with Crippen LogP contribution < -0.4 is 0 Å². The average molecular weight is 425 g/mol. The van der Waals surface area contributed by atoms with Crippen LogP contribution in [0.2, 0.25) is 0 Å². The molecule has 3 aliphatic carbocycles. The second-order valence-corrected chi connectivity index (χ2v) is 9.82. The number of carbonyl (C=O) groups is 2. The molecule has 1 saturated heterocycles. The smallest absolute Gasteiger partial charge is 0.306 e. The number of hydrogen-bond acceptors (Lipinski definition) is 7. The lowest BCUT2D eigenvalue weighted by Gasteiger charge is -2.58. The highest BCUT2D eigenvalue weighted by molar-refractivity contribution is 5.84. The van der Waals surface area contributed by atoms with Gasteiger partial charge < -0.3 is 23.7 Å². The third kappa shape index (κ3) is 3.61. The summed E-state index contributed by atoms with van der Waals surface area (Å²) in [7, 11) is 1.62. The number of esters is 1. The molecule has 1 spiro atoms. The fourth-order valence-corrected chi connectivity index (χ4v) is 7.19. The maximum Gasteiger partial charge on any atom is 0.306 e. The molecule has 30 heavy (non-hydrogen) atoms. The molecule has 170 valence electrons. The minimum atomic E-state index is -0.583. The van der Waals surface area contributed by atoms with E-state index in [2.05, 4.69) is 13.8 Å². The van der Waals surface area contributed by atoms with Gasteiger partial charge in [-0.15, -0.1) is 0 Å². The summed E-state index contributed by atoms with van der Waals surface area (Å²) in [5, 5.41) is 0. The molecular weight excluding hydrogens is 388 g/mol. The van der Waals surface area contributed by atoms with Crippen LogP contribution in [0.15, 0.2) is 0 Å². The van der Waals surface area contributed by atoms with Crippen LogP contribution >= 0.6 is 0 Å². The van der Waals surface area contributed by atoms with Gasteiger partial charge in [0.25, 0.3) is 0 Å². The van der Waals surface area contributed by atoms with E-state index in [-0.39, 0.29) is 53.9 Å². The monoisotopic (exact) mass is 424 g/mol. The Morgan fingerprint density at radius 1 is 1.23 bits per heavy atom. The van der Waals surface area contributed by atoms with Crippen molar-refractivity contribution in [2.24, 2.45) is 35.0 Å². The third-order valence-corrected chi connectivity index (χ3v) is 8.39. The van der Waals surface area contributed by atoms with Gasteiger partial charge >= 0.3 is 5.97 Å². The van der Waals surface area contributed by atoms with Crippen LogP contribution in [0, 0.1) is 35.0 Å². The Morgan fingerprint density at radius 2 is 1.97 bits per heavy atom. The highest BCUT2D eigenvalue weighted by Crippen LogP contribution is 2.65. The number of Topliss-reactive ketones (excluding diaryl/α,β-unsaturated/α-hetero) is 1. The predicted molar refractivity (Wildman–Crippen MR) is 107 cm³/mol. The van der Waals surface area contributed by atoms with Crippen molar-refractivity contribution in [1.82, 2.24) is 0 Å². The molecule has 0 radical (unpaired) electrons. The Labute approximate surface area is 179 Å². The average Bonchev–Trinajstić information content (AvgIpc) is 3.32. The first kappa shape index (κ1) is 22.2. The lowest BCUT2D eigenvalue weighted by Crippen LogP contribution is -2.59. The molecule has 7 heteroatoms. The minimum absolute atomic E-state index is 0.0687. The Bertz CT molecular complexity index is 658. The summed E-state index contributed by atoms with van der Waals surface area (Å²) in [6, 6.07) is 0. The van der Waals surface area contributed by atoms with E-state index in [0.29, 0.717) is 44.9 Å². The molecule has 7 nitrogen and oxygen atoms in total. The summed E-state index contributed by atoms with van der Waals surface area (Å²) in [6.45, 7) is 7.97. The Balaban J connectivity index is 1.69. The zero-order valence-corrected chi connectivity index (χ0v) is 18.7. The molecule has 4 fully saturated rings. The maximum atomic E-state index is 13.3. The maximum absolute atomic E-state index is 13.3. The molecular formula is C23H36O7. The van der Waals surface area contributed by atoms with E-state index in [1.165, 1.54) is 0 Å². The van der Waals surface area contributed by atoms with Crippen molar-refractivity contribution in [3.05, 3.63) is 0 Å². The van der Waals surface area contributed by atoms with Gasteiger partial charge in [0.15, 0.2) is 5.79 Å². The van der Waals surface area contributed by atoms with Crippen LogP contribution in [-0.4, -0.2) is 57.4 Å². The van der Waals surface area contributed by atoms with Crippen LogP contribution in [0.25, 0.3) is 0 Å². The lowest BCUT2D eigenvalue weighted by atomic mass is 9.46. The fraction of sp³-hybridized carbons (Fsp3) is 0.913. The molecule has 0 aromatic rings. The van der Waals surface area contributed by atoms with Crippen molar-refractivity contribution in [2.75, 3.05) is 33.7 Å². The number of fused-ring (bicyclic) bond motifs is 3. The number of ether oxygens (including phenoxy) is 5. The van der Waals surface area contributed by atoms with E-state index in [1.54, 1.807) is 7.11 Å². The number of rotatable bonds is 6. The van der Waals surface area contributed by atoms with E-state index in [9.17, 15) is 9.59 Å². The first-order valence-corrected chi connectivity index (χ1v) is 11.4.